The number of fused-ring (bicyclic) bond motifs is 2. The number of aliphatic carboxylic acids is 1. The molecule has 0 spiro atoms. The summed E-state index contributed by atoms with van der Waals surface area (Å²) in [7, 11) is 0. The van der Waals surface area contributed by atoms with Gasteiger partial charge in [-0.1, -0.05) is 12.2 Å². The van der Waals surface area contributed by atoms with Crippen LogP contribution in [-0.4, -0.2) is 23.1 Å². The molecule has 0 aromatic heterocycles. The van der Waals surface area contributed by atoms with Crippen molar-refractivity contribution < 1.29 is 19.4 Å². The lowest BCUT2D eigenvalue weighted by Gasteiger charge is -2.24. The predicted molar refractivity (Wildman–Crippen MR) is 90.9 cm³/mol. The van der Waals surface area contributed by atoms with E-state index in [1.807, 2.05) is 45.1 Å². The number of ether oxygens (including phenoxy) is 1. The average Bonchev–Trinajstić information content (AvgIpc) is 3.10. The molecule has 4 unspecified atom stereocenters. The van der Waals surface area contributed by atoms with Crippen molar-refractivity contribution >= 4 is 17.6 Å². The Kier molecular flexibility index (Phi) is 4.35. The van der Waals surface area contributed by atoms with Crippen LogP contribution in [-0.2, 0) is 9.59 Å². The van der Waals surface area contributed by atoms with Crippen LogP contribution in [0.3, 0.4) is 0 Å². The molecule has 0 heterocycles. The molecule has 24 heavy (non-hydrogen) atoms. The molecule has 1 aromatic rings. The van der Waals surface area contributed by atoms with Gasteiger partial charge < -0.3 is 15.2 Å². The minimum absolute atomic E-state index is 0.0215. The molecule has 1 amide bonds. The van der Waals surface area contributed by atoms with Gasteiger partial charge in [0.1, 0.15) is 5.75 Å². The smallest absolute Gasteiger partial charge is 0.307 e. The van der Waals surface area contributed by atoms with Gasteiger partial charge in [0.15, 0.2) is 0 Å². The van der Waals surface area contributed by atoms with Gasteiger partial charge in [-0.15, -0.1) is 0 Å². The van der Waals surface area contributed by atoms with Crippen LogP contribution in [0.15, 0.2) is 30.4 Å². The molecule has 0 aliphatic heterocycles. The molecule has 128 valence electrons. The van der Waals surface area contributed by atoms with Crippen molar-refractivity contribution in [2.75, 3.05) is 5.32 Å². The van der Waals surface area contributed by atoms with E-state index in [4.69, 9.17) is 4.74 Å². The van der Waals surface area contributed by atoms with Gasteiger partial charge in [0, 0.05) is 5.69 Å². The molecule has 2 aliphatic carbocycles. The third kappa shape index (κ3) is 3.03. The number of allylic oxidation sites excluding steroid dienone is 2. The van der Waals surface area contributed by atoms with E-state index in [0.717, 1.165) is 17.7 Å². The number of benzene rings is 1. The second-order valence-electron chi connectivity index (χ2n) is 6.97. The lowest BCUT2D eigenvalue weighted by atomic mass is 9.82. The number of nitrogens with one attached hydrogen (secondary N) is 1. The normalized spacial score (nSPS) is 27.5. The molecule has 2 bridgehead atoms. The van der Waals surface area contributed by atoms with E-state index < -0.39 is 17.8 Å². The number of hydrogen-bond donors (Lipinski definition) is 2. The maximum Gasteiger partial charge on any atom is 0.307 e. The molecule has 1 fully saturated rings. The van der Waals surface area contributed by atoms with E-state index in [1.54, 1.807) is 6.07 Å². The van der Waals surface area contributed by atoms with Gasteiger partial charge in [-0.25, -0.2) is 0 Å². The summed E-state index contributed by atoms with van der Waals surface area (Å²) in [6.45, 7) is 5.85. The third-order valence-electron chi connectivity index (χ3n) is 4.85. The van der Waals surface area contributed by atoms with Gasteiger partial charge in [0.2, 0.25) is 5.91 Å². The van der Waals surface area contributed by atoms with Gasteiger partial charge in [-0.3, -0.25) is 9.59 Å². The standard InChI is InChI=1S/C19H23NO4/c1-10(2)24-15-7-6-14(8-11(15)3)20-18(21)16-12-4-5-13(9-12)17(16)19(22)23/h4-8,10,12-13,16-17H,9H2,1-3H3,(H,20,21)(H,22,23). The monoisotopic (exact) mass is 329 g/mol. The minimum Gasteiger partial charge on any atom is -0.491 e. The molecule has 2 N–H and O–H groups in total. The van der Waals surface area contributed by atoms with E-state index >= 15 is 0 Å². The van der Waals surface area contributed by atoms with Crippen molar-refractivity contribution in [2.45, 2.75) is 33.3 Å². The van der Waals surface area contributed by atoms with E-state index in [-0.39, 0.29) is 23.8 Å². The summed E-state index contributed by atoms with van der Waals surface area (Å²) in [5, 5.41) is 12.3. The number of carboxylic acid groups (broad SMARTS) is 1. The number of amides is 1. The van der Waals surface area contributed by atoms with Crippen LogP contribution < -0.4 is 10.1 Å². The fourth-order valence-electron chi connectivity index (χ4n) is 3.86. The van der Waals surface area contributed by atoms with Gasteiger partial charge in [-0.2, -0.15) is 0 Å². The van der Waals surface area contributed by atoms with Crippen LogP contribution in [0.25, 0.3) is 0 Å². The second kappa shape index (κ2) is 6.30. The maximum atomic E-state index is 12.7. The largest absolute Gasteiger partial charge is 0.491 e. The Labute approximate surface area is 141 Å². The van der Waals surface area contributed by atoms with Gasteiger partial charge in [-0.05, 0) is 62.8 Å². The Hall–Kier alpha value is -2.30. The first kappa shape index (κ1) is 16.6. The molecular weight excluding hydrogens is 306 g/mol. The van der Waals surface area contributed by atoms with Crippen LogP contribution in [0.2, 0.25) is 0 Å². The highest BCUT2D eigenvalue weighted by atomic mass is 16.5. The summed E-state index contributed by atoms with van der Waals surface area (Å²) in [6.07, 6.45) is 4.77. The zero-order valence-corrected chi connectivity index (χ0v) is 14.2. The summed E-state index contributed by atoms with van der Waals surface area (Å²) in [4.78, 5) is 24.2. The minimum atomic E-state index is -0.885. The van der Waals surface area contributed by atoms with E-state index in [0.29, 0.717) is 5.69 Å². The highest BCUT2D eigenvalue weighted by Crippen LogP contribution is 2.48. The van der Waals surface area contributed by atoms with Crippen LogP contribution in [0.1, 0.15) is 25.8 Å². The average molecular weight is 329 g/mol. The first-order valence-corrected chi connectivity index (χ1v) is 8.36. The lowest BCUT2D eigenvalue weighted by Crippen LogP contribution is -2.36. The number of hydrogen-bond acceptors (Lipinski definition) is 3. The zero-order valence-electron chi connectivity index (χ0n) is 14.2. The summed E-state index contributed by atoms with van der Waals surface area (Å²) in [6, 6.07) is 5.48. The molecule has 0 radical (unpaired) electrons. The fraction of sp³-hybridized carbons (Fsp3) is 0.474. The number of carboxylic acids is 1. The van der Waals surface area contributed by atoms with Crippen LogP contribution >= 0.6 is 0 Å². The van der Waals surface area contributed by atoms with E-state index in [9.17, 15) is 14.7 Å². The van der Waals surface area contributed by atoms with Crippen molar-refractivity contribution in [3.8, 4) is 5.75 Å². The molecular formula is C19H23NO4. The Morgan fingerprint density at radius 3 is 2.46 bits per heavy atom. The molecule has 5 nitrogen and oxygen atoms in total. The van der Waals surface area contributed by atoms with Crippen LogP contribution in [0.5, 0.6) is 5.75 Å². The summed E-state index contributed by atoms with van der Waals surface area (Å²) in [5.41, 5.74) is 1.61. The molecule has 1 aromatic carbocycles. The maximum absolute atomic E-state index is 12.7. The van der Waals surface area contributed by atoms with E-state index in [1.165, 1.54) is 0 Å². The Morgan fingerprint density at radius 2 is 1.88 bits per heavy atom. The van der Waals surface area contributed by atoms with Crippen LogP contribution in [0, 0.1) is 30.6 Å². The molecule has 2 aliphatic rings. The van der Waals surface area contributed by atoms with Crippen molar-refractivity contribution in [3.63, 3.8) is 0 Å². The highest BCUT2D eigenvalue weighted by Gasteiger charge is 2.51. The Balaban J connectivity index is 1.74. The van der Waals surface area contributed by atoms with Crippen molar-refractivity contribution in [2.24, 2.45) is 23.7 Å². The first-order chi connectivity index (χ1) is 11.4. The van der Waals surface area contributed by atoms with Crippen LogP contribution in [0.4, 0.5) is 5.69 Å². The summed E-state index contributed by atoms with van der Waals surface area (Å²) >= 11 is 0. The third-order valence-corrected chi connectivity index (χ3v) is 4.85. The number of aryl methyl sites for hydroxylation is 1. The highest BCUT2D eigenvalue weighted by molar-refractivity contribution is 5.96. The molecule has 3 rings (SSSR count). The first-order valence-electron chi connectivity index (χ1n) is 8.36. The SMILES string of the molecule is Cc1cc(NC(=O)C2C3C=CC(C3)C2C(=O)O)ccc1OC(C)C. The molecule has 5 heteroatoms. The van der Waals surface area contributed by atoms with Gasteiger partial charge >= 0.3 is 5.97 Å². The lowest BCUT2D eigenvalue weighted by molar-refractivity contribution is -0.146. The quantitative estimate of drug-likeness (QED) is 0.813. The van der Waals surface area contributed by atoms with Crippen molar-refractivity contribution in [3.05, 3.63) is 35.9 Å². The number of carbonyl (C=O) groups is 2. The van der Waals surface area contributed by atoms with Crippen molar-refractivity contribution in [1.82, 2.24) is 0 Å². The number of rotatable bonds is 5. The summed E-state index contributed by atoms with van der Waals surface area (Å²) < 4.78 is 5.69. The molecule has 0 saturated heterocycles. The molecule has 4 atom stereocenters. The number of anilines is 1. The Bertz CT molecular complexity index is 695. The topological polar surface area (TPSA) is 75.6 Å². The number of carbonyl (C=O) groups excluding carboxylic acids is 1. The zero-order chi connectivity index (χ0) is 17.4. The van der Waals surface area contributed by atoms with Gasteiger partial charge in [0.05, 0.1) is 17.9 Å². The van der Waals surface area contributed by atoms with Gasteiger partial charge in [0.25, 0.3) is 0 Å². The van der Waals surface area contributed by atoms with E-state index in [2.05, 4.69) is 5.32 Å². The summed E-state index contributed by atoms with van der Waals surface area (Å²) in [5.74, 6) is -1.42. The molecule has 1 saturated carbocycles. The second-order valence-corrected chi connectivity index (χ2v) is 6.97. The van der Waals surface area contributed by atoms with Crippen molar-refractivity contribution in [1.29, 1.82) is 0 Å². The Morgan fingerprint density at radius 1 is 1.21 bits per heavy atom. The fourth-order valence-corrected chi connectivity index (χ4v) is 3.86. The predicted octanol–water partition coefficient (Wildman–Crippen LogP) is 3.24.